The van der Waals surface area contributed by atoms with Crippen LogP contribution in [0.15, 0.2) is 24.3 Å². The van der Waals surface area contributed by atoms with E-state index in [0.29, 0.717) is 18.3 Å². The number of hydrogen-bond acceptors (Lipinski definition) is 3. The molecule has 1 aromatic rings. The maximum Gasteiger partial charge on any atom is 0.277 e. The maximum absolute atomic E-state index is 13.2. The van der Waals surface area contributed by atoms with Gasteiger partial charge in [0, 0.05) is 0 Å². The van der Waals surface area contributed by atoms with Gasteiger partial charge in [0.25, 0.3) is 5.92 Å². The van der Waals surface area contributed by atoms with Crippen molar-refractivity contribution in [3.8, 4) is 5.75 Å². The molecule has 0 aromatic heterocycles. The number of benzene rings is 1. The molecule has 0 aliphatic heterocycles. The summed E-state index contributed by atoms with van der Waals surface area (Å²) in [6.45, 7) is 6.53. The number of ether oxygens (including phenoxy) is 1. The molecule has 0 bridgehead atoms. The molecular formula is C17H26F2N2O2. The lowest BCUT2D eigenvalue weighted by Gasteiger charge is -2.26. The molecule has 130 valence electrons. The molecule has 0 heterocycles. The fourth-order valence-electron chi connectivity index (χ4n) is 1.86. The Labute approximate surface area is 136 Å². The van der Waals surface area contributed by atoms with Crippen LogP contribution in [0.5, 0.6) is 5.75 Å². The molecule has 3 N–H and O–H groups in total. The van der Waals surface area contributed by atoms with Gasteiger partial charge in [0.2, 0.25) is 5.91 Å². The van der Waals surface area contributed by atoms with Crippen LogP contribution in [-0.2, 0) is 10.2 Å². The molecule has 1 rings (SSSR count). The number of rotatable bonds is 8. The first-order valence-electron chi connectivity index (χ1n) is 7.68. The third-order valence-electron chi connectivity index (χ3n) is 3.53. The van der Waals surface area contributed by atoms with Crippen LogP contribution in [0.1, 0.15) is 33.3 Å². The molecule has 23 heavy (non-hydrogen) atoms. The molecule has 0 radical (unpaired) electrons. The van der Waals surface area contributed by atoms with Crippen LogP contribution in [0.3, 0.4) is 0 Å². The van der Waals surface area contributed by atoms with Gasteiger partial charge in [-0.25, -0.2) is 8.78 Å². The van der Waals surface area contributed by atoms with Gasteiger partial charge < -0.3 is 15.8 Å². The number of amides is 1. The topological polar surface area (TPSA) is 64.3 Å². The van der Waals surface area contributed by atoms with Crippen LogP contribution in [0.4, 0.5) is 8.78 Å². The third kappa shape index (κ3) is 5.78. The fourth-order valence-corrected chi connectivity index (χ4v) is 1.86. The first-order valence-corrected chi connectivity index (χ1v) is 7.68. The number of alkyl halides is 2. The lowest BCUT2D eigenvalue weighted by molar-refractivity contribution is -0.127. The van der Waals surface area contributed by atoms with E-state index in [1.54, 1.807) is 38.1 Å². The van der Waals surface area contributed by atoms with E-state index in [9.17, 15) is 13.6 Å². The number of nitrogens with two attached hydrogens (primary N) is 1. The summed E-state index contributed by atoms with van der Waals surface area (Å²) in [5.41, 5.74) is 4.76. The predicted octanol–water partition coefficient (Wildman–Crippen LogP) is 2.71. The van der Waals surface area contributed by atoms with Crippen molar-refractivity contribution < 1.29 is 18.3 Å². The van der Waals surface area contributed by atoms with Crippen LogP contribution in [0.25, 0.3) is 0 Å². The monoisotopic (exact) mass is 328 g/mol. The van der Waals surface area contributed by atoms with Gasteiger partial charge in [-0.05, 0) is 37.5 Å². The highest BCUT2D eigenvalue weighted by molar-refractivity contribution is 5.87. The summed E-state index contributed by atoms with van der Waals surface area (Å²) in [6, 6.07) is 7.11. The number of halogens is 2. The Bertz CT molecular complexity index is 514. The van der Waals surface area contributed by atoms with Crippen molar-refractivity contribution in [1.29, 1.82) is 0 Å². The van der Waals surface area contributed by atoms with Crippen LogP contribution in [-0.4, -0.2) is 31.5 Å². The highest BCUT2D eigenvalue weighted by atomic mass is 19.3. The summed E-state index contributed by atoms with van der Waals surface area (Å²) in [6.07, 6.45) is 0. The van der Waals surface area contributed by atoms with Crippen LogP contribution >= 0.6 is 0 Å². The first kappa shape index (κ1) is 19.4. The number of carbonyl (C=O) groups is 1. The van der Waals surface area contributed by atoms with Crippen LogP contribution in [0.2, 0.25) is 0 Å². The Kier molecular flexibility index (Phi) is 6.50. The molecule has 0 atom stereocenters. The minimum atomic E-state index is -3.10. The Hall–Kier alpha value is -1.69. The number of carbonyl (C=O) groups excluding carboxylic acids is 1. The summed E-state index contributed by atoms with van der Waals surface area (Å²) in [7, 11) is 0. The van der Waals surface area contributed by atoms with Gasteiger partial charge in [-0.2, -0.15) is 0 Å². The average molecular weight is 328 g/mol. The van der Waals surface area contributed by atoms with E-state index >= 15 is 0 Å². The zero-order valence-corrected chi connectivity index (χ0v) is 14.2. The molecule has 0 aliphatic carbocycles. The molecule has 4 nitrogen and oxygen atoms in total. The second kappa shape index (κ2) is 7.73. The van der Waals surface area contributed by atoms with Crippen molar-refractivity contribution in [2.24, 2.45) is 11.7 Å². The molecule has 6 heteroatoms. The largest absolute Gasteiger partial charge is 0.493 e. The second-order valence-electron chi connectivity index (χ2n) is 6.60. The summed E-state index contributed by atoms with van der Waals surface area (Å²) in [5, 5.41) is 2.27. The Morgan fingerprint density at radius 1 is 1.26 bits per heavy atom. The van der Waals surface area contributed by atoms with Crippen LogP contribution in [0, 0.1) is 5.92 Å². The van der Waals surface area contributed by atoms with E-state index in [1.807, 2.05) is 0 Å². The molecule has 0 saturated carbocycles. The molecule has 1 amide bonds. The fraction of sp³-hybridized carbons (Fsp3) is 0.588. The Morgan fingerprint density at radius 2 is 1.83 bits per heavy atom. The summed E-state index contributed by atoms with van der Waals surface area (Å²) < 4.78 is 31.9. The van der Waals surface area contributed by atoms with Gasteiger partial charge >= 0.3 is 0 Å². The van der Waals surface area contributed by atoms with Gasteiger partial charge in [0.15, 0.2) is 0 Å². The van der Waals surface area contributed by atoms with Gasteiger partial charge in [0.05, 0.1) is 25.1 Å². The quantitative estimate of drug-likeness (QED) is 0.771. The first-order chi connectivity index (χ1) is 10.6. The van der Waals surface area contributed by atoms with E-state index in [-0.39, 0.29) is 0 Å². The highest BCUT2D eigenvalue weighted by Gasteiger charge is 2.33. The molecule has 0 spiro atoms. The smallest absolute Gasteiger partial charge is 0.277 e. The SMILES string of the molecule is CC(C)COc1ccc(C(C)(C)C(=O)NCC(F)(F)CN)cc1. The van der Waals surface area contributed by atoms with Crippen molar-refractivity contribution >= 4 is 5.91 Å². The normalized spacial score (nSPS) is 12.3. The van der Waals surface area contributed by atoms with Gasteiger partial charge in [-0.3, -0.25) is 4.79 Å². The minimum absolute atomic E-state index is 0.418. The molecule has 1 aromatic carbocycles. The van der Waals surface area contributed by atoms with E-state index in [2.05, 4.69) is 19.2 Å². The van der Waals surface area contributed by atoms with Crippen LogP contribution < -0.4 is 15.8 Å². The van der Waals surface area contributed by atoms with Crippen molar-refractivity contribution in [1.82, 2.24) is 5.32 Å². The standard InChI is InChI=1S/C17H26F2N2O2/c1-12(2)9-23-14-7-5-13(6-8-14)16(3,4)15(22)21-11-17(18,19)10-20/h5-8,12H,9-11,20H2,1-4H3,(H,21,22). The molecule has 0 saturated heterocycles. The van der Waals surface area contributed by atoms with Gasteiger partial charge in [-0.1, -0.05) is 26.0 Å². The molecular weight excluding hydrogens is 302 g/mol. The van der Waals surface area contributed by atoms with E-state index in [0.717, 1.165) is 5.56 Å². The van der Waals surface area contributed by atoms with Crippen molar-refractivity contribution in [2.45, 2.75) is 39.0 Å². The Morgan fingerprint density at radius 3 is 2.30 bits per heavy atom. The Balaban J connectivity index is 2.73. The number of hydrogen-bond donors (Lipinski definition) is 2. The zero-order valence-electron chi connectivity index (χ0n) is 14.2. The lowest BCUT2D eigenvalue weighted by atomic mass is 9.83. The third-order valence-corrected chi connectivity index (χ3v) is 3.53. The van der Waals surface area contributed by atoms with E-state index in [1.165, 1.54) is 0 Å². The zero-order chi connectivity index (χ0) is 17.7. The van der Waals surface area contributed by atoms with E-state index < -0.39 is 30.3 Å². The van der Waals surface area contributed by atoms with Gasteiger partial charge in [0.1, 0.15) is 5.75 Å². The lowest BCUT2D eigenvalue weighted by Crippen LogP contribution is -2.47. The van der Waals surface area contributed by atoms with Crippen molar-refractivity contribution in [3.63, 3.8) is 0 Å². The van der Waals surface area contributed by atoms with Gasteiger partial charge in [-0.15, -0.1) is 0 Å². The minimum Gasteiger partial charge on any atom is -0.493 e. The second-order valence-corrected chi connectivity index (χ2v) is 6.60. The molecule has 0 aliphatic rings. The average Bonchev–Trinajstić information content (AvgIpc) is 2.51. The summed E-state index contributed by atoms with van der Waals surface area (Å²) in [5.74, 6) is -2.43. The van der Waals surface area contributed by atoms with E-state index in [4.69, 9.17) is 10.5 Å². The highest BCUT2D eigenvalue weighted by Crippen LogP contribution is 2.26. The summed E-state index contributed by atoms with van der Waals surface area (Å²) >= 11 is 0. The summed E-state index contributed by atoms with van der Waals surface area (Å²) in [4.78, 5) is 12.2. The number of nitrogens with one attached hydrogen (secondary N) is 1. The predicted molar refractivity (Wildman–Crippen MR) is 86.8 cm³/mol. The molecule has 0 unspecified atom stereocenters. The maximum atomic E-state index is 13.2. The molecule has 0 fully saturated rings. The van der Waals surface area contributed by atoms with Crippen molar-refractivity contribution in [2.75, 3.05) is 19.7 Å². The van der Waals surface area contributed by atoms with Crippen molar-refractivity contribution in [3.05, 3.63) is 29.8 Å².